The van der Waals surface area contributed by atoms with Gasteiger partial charge in [0.25, 0.3) is 0 Å². The molecule has 1 heterocycles. The first kappa shape index (κ1) is 8.53. The van der Waals surface area contributed by atoms with Gasteiger partial charge < -0.3 is 10.6 Å². The summed E-state index contributed by atoms with van der Waals surface area (Å²) < 4.78 is 0. The fraction of sp³-hybridized carbons (Fsp3) is 0.500. The molecule has 0 aromatic heterocycles. The van der Waals surface area contributed by atoms with Crippen LogP contribution in [0.3, 0.4) is 0 Å². The molecule has 1 fully saturated rings. The van der Waals surface area contributed by atoms with Gasteiger partial charge in [-0.25, -0.2) is 0 Å². The molecular formula is C8H14N2S. The summed E-state index contributed by atoms with van der Waals surface area (Å²) >= 11 is 1.85. The van der Waals surface area contributed by atoms with E-state index in [-0.39, 0.29) is 0 Å². The van der Waals surface area contributed by atoms with E-state index in [1.165, 1.54) is 0 Å². The van der Waals surface area contributed by atoms with Crippen LogP contribution in [-0.2, 0) is 0 Å². The average Bonchev–Trinajstić information content (AvgIpc) is 2.26. The molecule has 0 aromatic rings. The first-order valence-corrected chi connectivity index (χ1v) is 5.03. The van der Waals surface area contributed by atoms with Crippen LogP contribution in [0.1, 0.15) is 6.42 Å². The molecule has 0 spiro atoms. The number of hydrogen-bond acceptors (Lipinski definition) is 3. The molecule has 1 atom stereocenters. The molecular weight excluding hydrogens is 156 g/mol. The van der Waals surface area contributed by atoms with Gasteiger partial charge in [0, 0.05) is 5.70 Å². The normalized spacial score (nSPS) is 23.2. The quantitative estimate of drug-likeness (QED) is 0.667. The molecule has 0 aliphatic carbocycles. The lowest BCUT2D eigenvalue weighted by Gasteiger charge is -2.08. The molecule has 1 aliphatic rings. The molecule has 1 aliphatic heterocycles. The van der Waals surface area contributed by atoms with Crippen molar-refractivity contribution in [3.63, 3.8) is 0 Å². The molecule has 1 saturated heterocycles. The molecule has 0 radical (unpaired) electrons. The minimum Gasteiger partial charge on any atom is -0.364 e. The summed E-state index contributed by atoms with van der Waals surface area (Å²) in [5, 5.41) is 6.29. The monoisotopic (exact) mass is 170 g/mol. The van der Waals surface area contributed by atoms with Crippen LogP contribution in [0, 0.1) is 0 Å². The van der Waals surface area contributed by atoms with Crippen LogP contribution >= 0.6 is 11.8 Å². The highest BCUT2D eigenvalue weighted by Gasteiger charge is 2.19. The molecule has 62 valence electrons. The third-order valence-corrected chi connectivity index (χ3v) is 2.34. The summed E-state index contributed by atoms with van der Waals surface area (Å²) in [4.78, 5) is 0. The largest absolute Gasteiger partial charge is 0.364 e. The Bertz CT molecular complexity index is 177. The summed E-state index contributed by atoms with van der Waals surface area (Å²) in [5.41, 5.74) is 1.05. The summed E-state index contributed by atoms with van der Waals surface area (Å²) in [6, 6.07) is 0.384. The topological polar surface area (TPSA) is 24.1 Å². The van der Waals surface area contributed by atoms with Crippen molar-refractivity contribution in [1.82, 2.24) is 10.6 Å². The highest BCUT2D eigenvalue weighted by atomic mass is 32.2. The van der Waals surface area contributed by atoms with E-state index in [2.05, 4.69) is 30.0 Å². The maximum atomic E-state index is 3.90. The Hall–Kier alpha value is -0.570. The predicted molar refractivity (Wildman–Crippen MR) is 51.3 cm³/mol. The van der Waals surface area contributed by atoms with Crippen LogP contribution < -0.4 is 10.6 Å². The smallest absolute Gasteiger partial charge is 0.0960 e. The molecule has 2 nitrogen and oxygen atoms in total. The van der Waals surface area contributed by atoms with Crippen LogP contribution in [0.25, 0.3) is 0 Å². The zero-order valence-corrected chi connectivity index (χ0v) is 7.63. The van der Waals surface area contributed by atoms with Crippen molar-refractivity contribution in [2.24, 2.45) is 0 Å². The zero-order valence-electron chi connectivity index (χ0n) is 6.81. The molecule has 0 aromatic carbocycles. The van der Waals surface area contributed by atoms with Crippen molar-refractivity contribution < 1.29 is 0 Å². The van der Waals surface area contributed by atoms with E-state index in [1.54, 1.807) is 0 Å². The van der Waals surface area contributed by atoms with Crippen molar-refractivity contribution in [2.45, 2.75) is 12.5 Å². The number of nitrogens with one attached hydrogen (secondary N) is 2. The lowest BCUT2D eigenvalue weighted by molar-refractivity contribution is 0.684. The van der Waals surface area contributed by atoms with Gasteiger partial charge in [-0.1, -0.05) is 13.2 Å². The molecule has 3 heteroatoms. The second-order valence-corrected chi connectivity index (χ2v) is 3.59. The third kappa shape index (κ3) is 2.19. The van der Waals surface area contributed by atoms with Crippen molar-refractivity contribution in [2.75, 3.05) is 12.0 Å². The maximum Gasteiger partial charge on any atom is 0.0960 e. The molecule has 11 heavy (non-hydrogen) atoms. The van der Waals surface area contributed by atoms with E-state index in [9.17, 15) is 0 Å². The van der Waals surface area contributed by atoms with Crippen LogP contribution in [0.5, 0.6) is 0 Å². The van der Waals surface area contributed by atoms with Gasteiger partial charge in [0.1, 0.15) is 0 Å². The van der Waals surface area contributed by atoms with Gasteiger partial charge in [-0.15, -0.1) is 0 Å². The lowest BCUT2D eigenvalue weighted by Crippen LogP contribution is -2.21. The second-order valence-electron chi connectivity index (χ2n) is 2.61. The highest BCUT2D eigenvalue weighted by molar-refractivity contribution is 7.98. The third-order valence-electron chi connectivity index (χ3n) is 1.69. The van der Waals surface area contributed by atoms with Crippen LogP contribution in [0.4, 0.5) is 0 Å². The van der Waals surface area contributed by atoms with Crippen LogP contribution in [0.15, 0.2) is 24.7 Å². The Labute approximate surface area is 72.1 Å². The van der Waals surface area contributed by atoms with Crippen molar-refractivity contribution in [3.8, 4) is 0 Å². The van der Waals surface area contributed by atoms with Crippen molar-refractivity contribution >= 4 is 11.8 Å². The molecule has 1 unspecified atom stereocenters. The number of rotatable bonds is 3. The van der Waals surface area contributed by atoms with E-state index in [1.807, 2.05) is 11.8 Å². The fourth-order valence-electron chi connectivity index (χ4n) is 1.10. The van der Waals surface area contributed by atoms with Gasteiger partial charge in [-0.2, -0.15) is 11.8 Å². The van der Waals surface area contributed by atoms with Gasteiger partial charge in [-0.3, -0.25) is 0 Å². The average molecular weight is 170 g/mol. The van der Waals surface area contributed by atoms with E-state index in [0.717, 1.165) is 23.7 Å². The number of thioether (sulfide) groups is 1. The Morgan fingerprint density at radius 1 is 1.55 bits per heavy atom. The van der Waals surface area contributed by atoms with Gasteiger partial charge >= 0.3 is 0 Å². The lowest BCUT2D eigenvalue weighted by atomic mass is 10.2. The first-order chi connectivity index (χ1) is 5.24. The summed E-state index contributed by atoms with van der Waals surface area (Å²) in [6.07, 6.45) is 3.23. The minimum absolute atomic E-state index is 0.384. The zero-order chi connectivity index (χ0) is 8.27. The Morgan fingerprint density at radius 3 is 2.73 bits per heavy atom. The van der Waals surface area contributed by atoms with Crippen molar-refractivity contribution in [1.29, 1.82) is 0 Å². The molecule has 0 bridgehead atoms. The van der Waals surface area contributed by atoms with E-state index < -0.39 is 0 Å². The van der Waals surface area contributed by atoms with E-state index in [0.29, 0.717) is 6.04 Å². The molecule has 1 rings (SSSR count). The predicted octanol–water partition coefficient (Wildman–Crippen LogP) is 1.29. The standard InChI is InChI=1S/C8H14N2S/c1-6-8(4-5-11-3)10-7(2)9-6/h8-10H,1-2,4-5H2,3H3. The number of hydrogen-bond donors (Lipinski definition) is 2. The van der Waals surface area contributed by atoms with Crippen molar-refractivity contribution in [3.05, 3.63) is 24.7 Å². The van der Waals surface area contributed by atoms with E-state index >= 15 is 0 Å². The first-order valence-electron chi connectivity index (χ1n) is 3.64. The maximum absolute atomic E-state index is 3.90. The van der Waals surface area contributed by atoms with Gasteiger partial charge in [0.2, 0.25) is 0 Å². The van der Waals surface area contributed by atoms with Gasteiger partial charge in [0.05, 0.1) is 11.9 Å². The Kier molecular flexibility index (Phi) is 2.88. The second kappa shape index (κ2) is 3.72. The molecule has 0 amide bonds. The summed E-state index contributed by atoms with van der Waals surface area (Å²) in [6.45, 7) is 7.67. The molecule has 2 N–H and O–H groups in total. The molecule has 0 saturated carbocycles. The fourth-order valence-corrected chi connectivity index (χ4v) is 1.57. The summed E-state index contributed by atoms with van der Waals surface area (Å²) in [7, 11) is 0. The minimum atomic E-state index is 0.384. The SMILES string of the molecule is C=C1NC(=C)C(CCSC)N1. The Morgan fingerprint density at radius 2 is 2.27 bits per heavy atom. The van der Waals surface area contributed by atoms with E-state index in [4.69, 9.17) is 0 Å². The van der Waals surface area contributed by atoms with Gasteiger partial charge in [-0.05, 0) is 18.4 Å². The highest BCUT2D eigenvalue weighted by Crippen LogP contribution is 2.12. The van der Waals surface area contributed by atoms with Crippen LogP contribution in [-0.4, -0.2) is 18.1 Å². The van der Waals surface area contributed by atoms with Crippen LogP contribution in [0.2, 0.25) is 0 Å². The Balaban J connectivity index is 2.34. The summed E-state index contributed by atoms with van der Waals surface area (Å²) in [5.74, 6) is 2.03. The van der Waals surface area contributed by atoms with Gasteiger partial charge in [0.15, 0.2) is 0 Å².